The van der Waals surface area contributed by atoms with Gasteiger partial charge in [-0.15, -0.1) is 0 Å². The van der Waals surface area contributed by atoms with Gasteiger partial charge in [0, 0.05) is 12.7 Å². The molecule has 0 aliphatic rings. The number of hydrogen-bond acceptors (Lipinski definition) is 3. The molecule has 3 aromatic rings. The summed E-state index contributed by atoms with van der Waals surface area (Å²) < 4.78 is 26.8. The molecule has 0 saturated carbocycles. The Morgan fingerprint density at radius 3 is 2.36 bits per heavy atom. The van der Waals surface area contributed by atoms with Crippen LogP contribution >= 0.6 is 11.6 Å². The van der Waals surface area contributed by atoms with Crippen molar-refractivity contribution < 1.29 is 13.2 Å². The van der Waals surface area contributed by atoms with Crippen LogP contribution in [0.2, 0.25) is 5.02 Å². The molecule has 0 heterocycles. The summed E-state index contributed by atoms with van der Waals surface area (Å²) in [5, 5.41) is 3.02. The van der Waals surface area contributed by atoms with E-state index < -0.39 is 15.9 Å². The Balaban J connectivity index is 1.92. The number of sulfonamides is 1. The van der Waals surface area contributed by atoms with E-state index in [0.29, 0.717) is 11.4 Å². The Labute approximate surface area is 169 Å². The number of benzene rings is 3. The Morgan fingerprint density at radius 2 is 1.68 bits per heavy atom. The third-order valence-corrected chi connectivity index (χ3v) is 6.37. The maximum absolute atomic E-state index is 12.8. The van der Waals surface area contributed by atoms with Crippen molar-refractivity contribution in [3.63, 3.8) is 0 Å². The van der Waals surface area contributed by atoms with Crippen LogP contribution in [-0.2, 0) is 10.0 Å². The van der Waals surface area contributed by atoms with Crippen LogP contribution in [0.3, 0.4) is 0 Å². The second kappa shape index (κ2) is 8.04. The Kier molecular flexibility index (Phi) is 5.72. The smallest absolute Gasteiger partial charge is 0.264 e. The van der Waals surface area contributed by atoms with Crippen LogP contribution in [0.5, 0.6) is 0 Å². The molecule has 0 aliphatic heterocycles. The van der Waals surface area contributed by atoms with Gasteiger partial charge in [0.15, 0.2) is 0 Å². The second-order valence-corrected chi connectivity index (χ2v) is 8.65. The highest BCUT2D eigenvalue weighted by atomic mass is 35.5. The first kappa shape index (κ1) is 19.9. The number of hydrogen-bond donors (Lipinski definition) is 1. The maximum atomic E-state index is 12.8. The third kappa shape index (κ3) is 4.18. The lowest BCUT2D eigenvalue weighted by Crippen LogP contribution is -2.27. The monoisotopic (exact) mass is 414 g/mol. The van der Waals surface area contributed by atoms with Crippen LogP contribution in [0.1, 0.15) is 15.9 Å². The van der Waals surface area contributed by atoms with Crippen LogP contribution < -0.4 is 9.62 Å². The highest BCUT2D eigenvalue weighted by molar-refractivity contribution is 7.92. The molecule has 1 amide bonds. The minimum Gasteiger partial charge on any atom is -0.322 e. The molecule has 0 saturated heterocycles. The van der Waals surface area contributed by atoms with Crippen LogP contribution in [-0.4, -0.2) is 21.4 Å². The summed E-state index contributed by atoms with van der Waals surface area (Å²) >= 11 is 6.20. The average Bonchev–Trinajstić information content (AvgIpc) is 2.68. The zero-order valence-electron chi connectivity index (χ0n) is 15.4. The van der Waals surface area contributed by atoms with Gasteiger partial charge >= 0.3 is 0 Å². The third-order valence-electron chi connectivity index (χ3n) is 4.24. The second-order valence-electron chi connectivity index (χ2n) is 6.27. The molecule has 3 rings (SSSR count). The van der Waals surface area contributed by atoms with Gasteiger partial charge in [-0.2, -0.15) is 0 Å². The van der Waals surface area contributed by atoms with Gasteiger partial charge < -0.3 is 5.32 Å². The fourth-order valence-corrected chi connectivity index (χ4v) is 4.11. The number of rotatable bonds is 5. The molecular formula is C21H19ClN2O3S. The maximum Gasteiger partial charge on any atom is 0.264 e. The lowest BCUT2D eigenvalue weighted by atomic mass is 10.1. The van der Waals surface area contributed by atoms with Gasteiger partial charge in [-0.05, 0) is 55.0 Å². The van der Waals surface area contributed by atoms with E-state index in [9.17, 15) is 13.2 Å². The fraction of sp³-hybridized carbons (Fsp3) is 0.0952. The number of anilines is 2. The summed E-state index contributed by atoms with van der Waals surface area (Å²) in [4.78, 5) is 12.8. The summed E-state index contributed by atoms with van der Waals surface area (Å²) in [6, 6.07) is 20.0. The zero-order chi connectivity index (χ0) is 20.3. The van der Waals surface area contributed by atoms with Crippen LogP contribution in [0.25, 0.3) is 0 Å². The first-order chi connectivity index (χ1) is 13.3. The number of nitrogens with one attached hydrogen (secondary N) is 1. The molecule has 144 valence electrons. The normalized spacial score (nSPS) is 11.1. The van der Waals surface area contributed by atoms with Crippen molar-refractivity contribution in [3.05, 3.63) is 88.9 Å². The quantitative estimate of drug-likeness (QED) is 0.656. The summed E-state index contributed by atoms with van der Waals surface area (Å²) in [6.07, 6.45) is 0. The number of nitrogens with zero attached hydrogens (tertiary/aromatic N) is 1. The predicted octanol–water partition coefficient (Wildman–Crippen LogP) is 4.73. The predicted molar refractivity (Wildman–Crippen MR) is 113 cm³/mol. The van der Waals surface area contributed by atoms with E-state index in [1.807, 2.05) is 25.1 Å². The average molecular weight is 415 g/mol. The molecule has 0 atom stereocenters. The topological polar surface area (TPSA) is 66.5 Å². The molecule has 1 N–H and O–H groups in total. The number of carbonyl (C=O) groups is 1. The van der Waals surface area contributed by atoms with Gasteiger partial charge in [-0.25, -0.2) is 8.42 Å². The van der Waals surface area contributed by atoms with E-state index in [1.54, 1.807) is 30.3 Å². The van der Waals surface area contributed by atoms with Gasteiger partial charge in [0.2, 0.25) is 0 Å². The van der Waals surface area contributed by atoms with E-state index in [0.717, 1.165) is 9.87 Å². The Hall–Kier alpha value is -2.83. The van der Waals surface area contributed by atoms with Gasteiger partial charge in [-0.3, -0.25) is 9.10 Å². The first-order valence-corrected chi connectivity index (χ1v) is 10.3. The molecule has 3 aromatic carbocycles. The molecule has 28 heavy (non-hydrogen) atoms. The Morgan fingerprint density at radius 1 is 0.964 bits per heavy atom. The molecule has 0 aromatic heterocycles. The molecule has 0 fully saturated rings. The van der Waals surface area contributed by atoms with Crippen molar-refractivity contribution in [1.29, 1.82) is 0 Å². The van der Waals surface area contributed by atoms with Crippen molar-refractivity contribution in [3.8, 4) is 0 Å². The number of aryl methyl sites for hydroxylation is 1. The van der Waals surface area contributed by atoms with Crippen molar-refractivity contribution in [2.75, 3.05) is 16.7 Å². The van der Waals surface area contributed by atoms with E-state index in [4.69, 9.17) is 11.6 Å². The summed E-state index contributed by atoms with van der Waals surface area (Å²) in [7, 11) is -2.32. The Bertz CT molecular complexity index is 1120. The van der Waals surface area contributed by atoms with Crippen molar-refractivity contribution in [2.24, 2.45) is 0 Å². The van der Waals surface area contributed by atoms with Gasteiger partial charge in [0.25, 0.3) is 15.9 Å². The molecular weight excluding hydrogens is 396 g/mol. The van der Waals surface area contributed by atoms with Gasteiger partial charge in [-0.1, -0.05) is 41.9 Å². The molecule has 0 aliphatic carbocycles. The number of halogens is 1. The molecule has 0 unspecified atom stereocenters. The molecule has 5 nitrogen and oxygen atoms in total. The highest BCUT2D eigenvalue weighted by Crippen LogP contribution is 2.27. The van der Waals surface area contributed by atoms with Crippen LogP contribution in [0.4, 0.5) is 11.4 Å². The SMILES string of the molecule is Cc1cccc(NC(=O)c2cc(N(C)S(=O)(=O)c3ccccc3)ccc2Cl)c1. The highest BCUT2D eigenvalue weighted by Gasteiger charge is 2.22. The number of amides is 1. The first-order valence-electron chi connectivity index (χ1n) is 8.50. The zero-order valence-corrected chi connectivity index (χ0v) is 17.0. The van der Waals surface area contributed by atoms with Gasteiger partial charge in [0.1, 0.15) is 0 Å². The standard InChI is InChI=1S/C21H19ClN2O3S/c1-15-7-6-8-16(13-15)23-21(25)19-14-17(11-12-20(19)22)24(2)28(26,27)18-9-4-3-5-10-18/h3-14H,1-2H3,(H,23,25). The molecule has 7 heteroatoms. The van der Waals surface area contributed by atoms with E-state index in [1.165, 1.54) is 31.3 Å². The van der Waals surface area contributed by atoms with Gasteiger partial charge in [0.05, 0.1) is 21.2 Å². The van der Waals surface area contributed by atoms with Crippen LogP contribution in [0.15, 0.2) is 77.7 Å². The largest absolute Gasteiger partial charge is 0.322 e. The minimum atomic E-state index is -3.75. The van der Waals surface area contributed by atoms with E-state index >= 15 is 0 Å². The van der Waals surface area contributed by atoms with Crippen LogP contribution in [0, 0.1) is 6.92 Å². The van der Waals surface area contributed by atoms with Crippen molar-refractivity contribution in [2.45, 2.75) is 11.8 Å². The lowest BCUT2D eigenvalue weighted by molar-refractivity contribution is 0.102. The summed E-state index contributed by atoms with van der Waals surface area (Å²) in [6.45, 7) is 1.92. The van der Waals surface area contributed by atoms with Crippen molar-refractivity contribution >= 4 is 38.9 Å². The summed E-state index contributed by atoms with van der Waals surface area (Å²) in [5.41, 5.74) is 2.17. The minimum absolute atomic E-state index is 0.165. The molecule has 0 spiro atoms. The van der Waals surface area contributed by atoms with Crippen molar-refractivity contribution in [1.82, 2.24) is 0 Å². The molecule has 0 radical (unpaired) electrons. The number of carbonyl (C=O) groups excluding carboxylic acids is 1. The fourth-order valence-electron chi connectivity index (χ4n) is 2.69. The molecule has 0 bridgehead atoms. The van der Waals surface area contributed by atoms with E-state index in [2.05, 4.69) is 5.32 Å². The summed E-state index contributed by atoms with van der Waals surface area (Å²) in [5.74, 6) is -0.414. The van der Waals surface area contributed by atoms with E-state index in [-0.39, 0.29) is 15.5 Å². The lowest BCUT2D eigenvalue weighted by Gasteiger charge is -2.20.